The molecule has 1 amide bonds. The van der Waals surface area contributed by atoms with Crippen molar-refractivity contribution in [1.29, 1.82) is 0 Å². The molecule has 0 aliphatic rings. The summed E-state index contributed by atoms with van der Waals surface area (Å²) in [5.41, 5.74) is 5.90. The molecule has 1 N–H and O–H groups in total. The van der Waals surface area contributed by atoms with Gasteiger partial charge in [-0.1, -0.05) is 78.4 Å². The van der Waals surface area contributed by atoms with Crippen molar-refractivity contribution in [3.05, 3.63) is 102 Å². The van der Waals surface area contributed by atoms with Gasteiger partial charge in [-0.25, -0.2) is 4.98 Å². The second kappa shape index (κ2) is 9.36. The molecule has 0 aliphatic carbocycles. The second-order valence-corrected chi connectivity index (χ2v) is 7.64. The van der Waals surface area contributed by atoms with Crippen LogP contribution in [0.5, 0.6) is 0 Å². The van der Waals surface area contributed by atoms with Gasteiger partial charge in [0.25, 0.3) is 5.91 Å². The first-order chi connectivity index (χ1) is 14.7. The smallest absolute Gasteiger partial charge is 0.252 e. The first-order valence-corrected chi connectivity index (χ1v) is 10.5. The van der Waals surface area contributed by atoms with Crippen LogP contribution < -0.4 is 5.32 Å². The van der Waals surface area contributed by atoms with Gasteiger partial charge in [0.05, 0.1) is 16.8 Å². The van der Waals surface area contributed by atoms with Crippen molar-refractivity contribution in [3.63, 3.8) is 0 Å². The predicted molar refractivity (Wildman–Crippen MR) is 124 cm³/mol. The fraction of sp³-hybridized carbons (Fsp3) is 0.185. The SMILES string of the molecule is Cc1ccc(-c2cc(C(=O)NCCCCc3ccccc3)c3ccccc3n2)cc1. The van der Waals surface area contributed by atoms with E-state index >= 15 is 0 Å². The van der Waals surface area contributed by atoms with E-state index in [0.717, 1.165) is 41.4 Å². The number of carbonyl (C=O) groups is 1. The molecule has 1 aromatic heterocycles. The maximum absolute atomic E-state index is 13.0. The monoisotopic (exact) mass is 394 g/mol. The summed E-state index contributed by atoms with van der Waals surface area (Å²) in [5.74, 6) is -0.0401. The van der Waals surface area contributed by atoms with Crippen LogP contribution in [0.25, 0.3) is 22.2 Å². The first kappa shape index (κ1) is 19.8. The summed E-state index contributed by atoms with van der Waals surface area (Å²) >= 11 is 0. The topological polar surface area (TPSA) is 42.0 Å². The lowest BCUT2D eigenvalue weighted by Gasteiger charge is -2.11. The number of benzene rings is 3. The fourth-order valence-electron chi connectivity index (χ4n) is 3.63. The number of carbonyl (C=O) groups excluding carboxylic acids is 1. The minimum absolute atomic E-state index is 0.0401. The third-order valence-electron chi connectivity index (χ3n) is 5.33. The molecule has 3 heteroatoms. The molecule has 30 heavy (non-hydrogen) atoms. The normalized spacial score (nSPS) is 10.8. The third kappa shape index (κ3) is 4.74. The molecule has 0 saturated heterocycles. The van der Waals surface area contributed by atoms with Crippen LogP contribution in [-0.2, 0) is 6.42 Å². The number of hydrogen-bond acceptors (Lipinski definition) is 2. The molecule has 0 unspecified atom stereocenters. The average molecular weight is 395 g/mol. The summed E-state index contributed by atoms with van der Waals surface area (Å²) in [4.78, 5) is 17.8. The van der Waals surface area contributed by atoms with Gasteiger partial charge in [0, 0.05) is 17.5 Å². The van der Waals surface area contributed by atoms with Gasteiger partial charge in [0.2, 0.25) is 0 Å². The Morgan fingerprint density at radius 3 is 2.40 bits per heavy atom. The number of nitrogens with one attached hydrogen (secondary N) is 1. The largest absolute Gasteiger partial charge is 0.352 e. The lowest BCUT2D eigenvalue weighted by Crippen LogP contribution is -2.25. The highest BCUT2D eigenvalue weighted by molar-refractivity contribution is 6.07. The predicted octanol–water partition coefficient (Wildman–Crippen LogP) is 5.96. The van der Waals surface area contributed by atoms with Crippen molar-refractivity contribution in [2.24, 2.45) is 0 Å². The van der Waals surface area contributed by atoms with Crippen LogP contribution in [0.15, 0.2) is 84.9 Å². The van der Waals surface area contributed by atoms with E-state index in [9.17, 15) is 4.79 Å². The van der Waals surface area contributed by atoms with Crippen LogP contribution in [0.4, 0.5) is 0 Å². The van der Waals surface area contributed by atoms with Gasteiger partial charge >= 0.3 is 0 Å². The van der Waals surface area contributed by atoms with E-state index < -0.39 is 0 Å². The van der Waals surface area contributed by atoms with E-state index in [-0.39, 0.29) is 5.91 Å². The van der Waals surface area contributed by atoms with Gasteiger partial charge in [-0.2, -0.15) is 0 Å². The van der Waals surface area contributed by atoms with Crippen LogP contribution in [0, 0.1) is 6.92 Å². The van der Waals surface area contributed by atoms with E-state index in [4.69, 9.17) is 4.98 Å². The molecule has 0 spiro atoms. The highest BCUT2D eigenvalue weighted by Gasteiger charge is 2.13. The number of para-hydroxylation sites is 1. The molecule has 0 radical (unpaired) electrons. The lowest BCUT2D eigenvalue weighted by molar-refractivity contribution is 0.0954. The van der Waals surface area contributed by atoms with Crippen molar-refractivity contribution >= 4 is 16.8 Å². The van der Waals surface area contributed by atoms with E-state index in [1.165, 1.54) is 11.1 Å². The molecule has 0 atom stereocenters. The number of rotatable bonds is 7. The van der Waals surface area contributed by atoms with E-state index in [1.807, 2.05) is 36.4 Å². The number of fused-ring (bicyclic) bond motifs is 1. The minimum atomic E-state index is -0.0401. The summed E-state index contributed by atoms with van der Waals surface area (Å²) in [6, 6.07) is 28.4. The highest BCUT2D eigenvalue weighted by Crippen LogP contribution is 2.25. The zero-order chi connectivity index (χ0) is 20.8. The van der Waals surface area contributed by atoms with Crippen molar-refractivity contribution < 1.29 is 4.79 Å². The minimum Gasteiger partial charge on any atom is -0.352 e. The maximum Gasteiger partial charge on any atom is 0.252 e. The molecule has 0 aliphatic heterocycles. The Kier molecular flexibility index (Phi) is 6.19. The molecule has 0 fully saturated rings. The summed E-state index contributed by atoms with van der Waals surface area (Å²) in [6.07, 6.45) is 3.04. The molecule has 4 rings (SSSR count). The Balaban J connectivity index is 1.47. The molecule has 3 nitrogen and oxygen atoms in total. The number of aromatic nitrogens is 1. The van der Waals surface area contributed by atoms with Crippen LogP contribution in [0.1, 0.15) is 34.3 Å². The molecule has 0 saturated carbocycles. The third-order valence-corrected chi connectivity index (χ3v) is 5.33. The van der Waals surface area contributed by atoms with E-state index in [1.54, 1.807) is 0 Å². The summed E-state index contributed by atoms with van der Waals surface area (Å²) in [6.45, 7) is 2.73. The van der Waals surface area contributed by atoms with Crippen LogP contribution in [0.2, 0.25) is 0 Å². The Morgan fingerprint density at radius 1 is 0.867 bits per heavy atom. The number of amides is 1. The molecular formula is C27H26N2O. The Hall–Kier alpha value is -3.46. The van der Waals surface area contributed by atoms with Crippen LogP contribution >= 0.6 is 0 Å². The van der Waals surface area contributed by atoms with Gasteiger partial charge in [0.1, 0.15) is 0 Å². The number of pyridine rings is 1. The zero-order valence-electron chi connectivity index (χ0n) is 17.3. The number of hydrogen-bond donors (Lipinski definition) is 1. The standard InChI is InChI=1S/C27H26N2O/c1-20-14-16-22(17-15-20)26-19-24(23-12-5-6-13-25(23)29-26)27(30)28-18-8-7-11-21-9-3-2-4-10-21/h2-6,9-10,12-17,19H,7-8,11,18H2,1H3,(H,28,30). The fourth-order valence-corrected chi connectivity index (χ4v) is 3.63. The highest BCUT2D eigenvalue weighted by atomic mass is 16.1. The van der Waals surface area contributed by atoms with Crippen LogP contribution in [0.3, 0.4) is 0 Å². The number of aryl methyl sites for hydroxylation is 2. The molecule has 150 valence electrons. The summed E-state index contributed by atoms with van der Waals surface area (Å²) in [7, 11) is 0. The molecule has 4 aromatic rings. The second-order valence-electron chi connectivity index (χ2n) is 7.64. The first-order valence-electron chi connectivity index (χ1n) is 10.5. The van der Waals surface area contributed by atoms with Gasteiger partial charge in [0.15, 0.2) is 0 Å². The van der Waals surface area contributed by atoms with Crippen molar-refractivity contribution in [2.75, 3.05) is 6.54 Å². The van der Waals surface area contributed by atoms with E-state index in [0.29, 0.717) is 12.1 Å². The van der Waals surface area contributed by atoms with Crippen molar-refractivity contribution in [2.45, 2.75) is 26.2 Å². The van der Waals surface area contributed by atoms with Gasteiger partial charge < -0.3 is 5.32 Å². The lowest BCUT2D eigenvalue weighted by atomic mass is 10.0. The quantitative estimate of drug-likeness (QED) is 0.393. The van der Waals surface area contributed by atoms with Gasteiger partial charge in [-0.3, -0.25) is 4.79 Å². The number of unbranched alkanes of at least 4 members (excludes halogenated alkanes) is 1. The molecule has 3 aromatic carbocycles. The maximum atomic E-state index is 13.0. The Morgan fingerprint density at radius 2 is 1.60 bits per heavy atom. The van der Waals surface area contributed by atoms with Crippen molar-refractivity contribution in [3.8, 4) is 11.3 Å². The number of nitrogens with zero attached hydrogens (tertiary/aromatic N) is 1. The molecule has 0 bridgehead atoms. The van der Waals surface area contributed by atoms with Gasteiger partial charge in [-0.15, -0.1) is 0 Å². The van der Waals surface area contributed by atoms with Crippen LogP contribution in [-0.4, -0.2) is 17.4 Å². The van der Waals surface area contributed by atoms with E-state index in [2.05, 4.69) is 60.8 Å². The molecule has 1 heterocycles. The Bertz CT molecular complexity index is 1130. The molecular weight excluding hydrogens is 368 g/mol. The summed E-state index contributed by atoms with van der Waals surface area (Å²) in [5, 5.41) is 3.98. The van der Waals surface area contributed by atoms with Gasteiger partial charge in [-0.05, 0) is 43.9 Å². The van der Waals surface area contributed by atoms with Crippen molar-refractivity contribution in [1.82, 2.24) is 10.3 Å². The average Bonchev–Trinajstić information content (AvgIpc) is 2.79. The zero-order valence-corrected chi connectivity index (χ0v) is 17.3. The Labute approximate surface area is 177 Å². The summed E-state index contributed by atoms with van der Waals surface area (Å²) < 4.78 is 0.